The quantitative estimate of drug-likeness (QED) is 0.259. The van der Waals surface area contributed by atoms with Crippen LogP contribution in [0.4, 0.5) is 0 Å². The summed E-state index contributed by atoms with van der Waals surface area (Å²) >= 11 is 3.79. The molecule has 0 heterocycles. The van der Waals surface area contributed by atoms with E-state index in [9.17, 15) is 0 Å². The second-order valence-corrected chi connectivity index (χ2v) is 9.11. The topological polar surface area (TPSA) is 0 Å². The van der Waals surface area contributed by atoms with Gasteiger partial charge in [-0.15, -0.1) is 23.5 Å². The summed E-state index contributed by atoms with van der Waals surface area (Å²) in [6, 6.07) is 30.5. The Hall–Kier alpha value is -2.68. The first-order chi connectivity index (χ1) is 14.8. The standard InChI is InChI=1S/C28H24S2/c1-3-21-14-16-23(17-15-21)19-29-27-12-6-11-26-25(27)10-7-13-28(26)30-20-24-9-5-8-22(4-2)18-24/h3-18H,1-2,19-20H2. The highest BCUT2D eigenvalue weighted by molar-refractivity contribution is 7.99. The lowest BCUT2D eigenvalue weighted by Crippen LogP contribution is -1.86. The summed E-state index contributed by atoms with van der Waals surface area (Å²) < 4.78 is 0. The Kier molecular flexibility index (Phi) is 6.78. The van der Waals surface area contributed by atoms with Gasteiger partial charge in [0.25, 0.3) is 0 Å². The van der Waals surface area contributed by atoms with Crippen LogP contribution in [-0.2, 0) is 11.5 Å². The average molecular weight is 425 g/mol. The average Bonchev–Trinajstić information content (AvgIpc) is 2.81. The Morgan fingerprint density at radius 2 is 1.13 bits per heavy atom. The fourth-order valence-electron chi connectivity index (χ4n) is 3.39. The molecule has 4 aromatic carbocycles. The molecule has 148 valence electrons. The number of rotatable bonds is 8. The summed E-state index contributed by atoms with van der Waals surface area (Å²) in [5, 5.41) is 2.66. The van der Waals surface area contributed by atoms with Gasteiger partial charge in [0.1, 0.15) is 0 Å². The van der Waals surface area contributed by atoms with Crippen molar-refractivity contribution in [2.24, 2.45) is 0 Å². The summed E-state index contributed by atoms with van der Waals surface area (Å²) in [7, 11) is 0. The molecule has 0 amide bonds. The number of hydrogen-bond donors (Lipinski definition) is 0. The van der Waals surface area contributed by atoms with E-state index in [4.69, 9.17) is 0 Å². The molecule has 4 aromatic rings. The van der Waals surface area contributed by atoms with Crippen LogP contribution in [0.2, 0.25) is 0 Å². The summed E-state index contributed by atoms with van der Waals surface area (Å²) in [6.07, 6.45) is 3.79. The van der Waals surface area contributed by atoms with Crippen LogP contribution in [0.25, 0.3) is 22.9 Å². The summed E-state index contributed by atoms with van der Waals surface area (Å²) in [6.45, 7) is 7.70. The summed E-state index contributed by atoms with van der Waals surface area (Å²) in [4.78, 5) is 2.66. The molecule has 0 N–H and O–H groups in total. The predicted octanol–water partition coefficient (Wildman–Crippen LogP) is 8.71. The van der Waals surface area contributed by atoms with Gasteiger partial charge in [-0.2, -0.15) is 0 Å². The van der Waals surface area contributed by atoms with E-state index in [1.54, 1.807) is 0 Å². The van der Waals surface area contributed by atoms with E-state index in [0.29, 0.717) is 0 Å². The molecule has 0 aliphatic heterocycles. The molecule has 0 saturated heterocycles. The zero-order valence-electron chi connectivity index (χ0n) is 16.9. The lowest BCUT2D eigenvalue weighted by molar-refractivity contribution is 1.38. The molecule has 0 bridgehead atoms. The maximum absolute atomic E-state index is 3.88. The molecule has 0 nitrogen and oxygen atoms in total. The third-order valence-corrected chi connectivity index (χ3v) is 7.32. The van der Waals surface area contributed by atoms with Gasteiger partial charge >= 0.3 is 0 Å². The van der Waals surface area contributed by atoms with Gasteiger partial charge in [-0.05, 0) is 45.2 Å². The number of thioether (sulfide) groups is 2. The third-order valence-electron chi connectivity index (χ3n) is 5.03. The van der Waals surface area contributed by atoms with Crippen LogP contribution < -0.4 is 0 Å². The molecule has 2 heteroatoms. The van der Waals surface area contributed by atoms with Gasteiger partial charge in [0.05, 0.1) is 0 Å². The highest BCUT2D eigenvalue weighted by Gasteiger charge is 2.07. The van der Waals surface area contributed by atoms with Crippen molar-refractivity contribution in [1.82, 2.24) is 0 Å². The Morgan fingerprint density at radius 3 is 1.73 bits per heavy atom. The Labute approximate surface area is 187 Å². The molecule has 0 radical (unpaired) electrons. The van der Waals surface area contributed by atoms with Crippen molar-refractivity contribution in [1.29, 1.82) is 0 Å². The van der Waals surface area contributed by atoms with Crippen molar-refractivity contribution in [2.45, 2.75) is 21.3 Å². The number of benzene rings is 4. The molecule has 0 unspecified atom stereocenters. The summed E-state index contributed by atoms with van der Waals surface area (Å²) in [5.74, 6) is 1.91. The van der Waals surface area contributed by atoms with E-state index in [0.717, 1.165) is 17.1 Å². The highest BCUT2D eigenvalue weighted by atomic mass is 32.2. The molecule has 0 fully saturated rings. The SMILES string of the molecule is C=Cc1ccc(CSc2cccc3c(SCc4cccc(C=C)c4)cccc23)cc1. The monoisotopic (exact) mass is 424 g/mol. The minimum Gasteiger partial charge on any atom is -0.121 e. The zero-order chi connectivity index (χ0) is 20.8. The van der Waals surface area contributed by atoms with Crippen LogP contribution in [0.1, 0.15) is 22.3 Å². The van der Waals surface area contributed by atoms with Crippen LogP contribution >= 0.6 is 23.5 Å². The molecular formula is C28H24S2. The molecule has 0 atom stereocenters. The first-order valence-corrected chi connectivity index (χ1v) is 11.9. The van der Waals surface area contributed by atoms with Crippen molar-refractivity contribution in [3.8, 4) is 0 Å². The van der Waals surface area contributed by atoms with Gasteiger partial charge < -0.3 is 0 Å². The van der Waals surface area contributed by atoms with E-state index in [-0.39, 0.29) is 0 Å². The van der Waals surface area contributed by atoms with Crippen LogP contribution in [-0.4, -0.2) is 0 Å². The van der Waals surface area contributed by atoms with Gasteiger partial charge in [-0.25, -0.2) is 0 Å². The van der Waals surface area contributed by atoms with Crippen LogP contribution in [0.3, 0.4) is 0 Å². The van der Waals surface area contributed by atoms with Crippen molar-refractivity contribution in [2.75, 3.05) is 0 Å². The first kappa shape index (κ1) is 20.6. The van der Waals surface area contributed by atoms with E-state index in [1.165, 1.54) is 37.3 Å². The van der Waals surface area contributed by atoms with Gasteiger partial charge in [0.2, 0.25) is 0 Å². The molecule has 4 rings (SSSR count). The highest BCUT2D eigenvalue weighted by Crippen LogP contribution is 2.36. The Bertz CT molecular complexity index is 1170. The molecule has 0 aliphatic rings. The van der Waals surface area contributed by atoms with E-state index in [2.05, 4.69) is 98.1 Å². The Morgan fingerprint density at radius 1 is 0.567 bits per heavy atom. The van der Waals surface area contributed by atoms with Gasteiger partial charge in [0.15, 0.2) is 0 Å². The molecule has 0 aromatic heterocycles. The minimum atomic E-state index is 0.952. The van der Waals surface area contributed by atoms with Crippen LogP contribution in [0.5, 0.6) is 0 Å². The van der Waals surface area contributed by atoms with Crippen molar-refractivity contribution in [3.05, 3.63) is 120 Å². The fourth-order valence-corrected chi connectivity index (χ4v) is 5.42. The summed E-state index contributed by atoms with van der Waals surface area (Å²) in [5.41, 5.74) is 4.98. The number of hydrogen-bond acceptors (Lipinski definition) is 2. The lowest BCUT2D eigenvalue weighted by Gasteiger charge is -2.11. The smallest absolute Gasteiger partial charge is 0.0232 e. The largest absolute Gasteiger partial charge is 0.121 e. The van der Waals surface area contributed by atoms with E-state index >= 15 is 0 Å². The van der Waals surface area contributed by atoms with Crippen molar-refractivity contribution < 1.29 is 0 Å². The predicted molar refractivity (Wildman–Crippen MR) is 136 cm³/mol. The van der Waals surface area contributed by atoms with Crippen LogP contribution in [0, 0.1) is 0 Å². The van der Waals surface area contributed by atoms with Crippen LogP contribution in [0.15, 0.2) is 108 Å². The second kappa shape index (κ2) is 9.88. The van der Waals surface area contributed by atoms with Gasteiger partial charge in [-0.1, -0.05) is 98.1 Å². The fraction of sp³-hybridized carbons (Fsp3) is 0.0714. The molecule has 0 spiro atoms. The molecule has 0 aliphatic carbocycles. The molecule has 30 heavy (non-hydrogen) atoms. The maximum atomic E-state index is 3.88. The Balaban J connectivity index is 1.53. The van der Waals surface area contributed by atoms with Crippen molar-refractivity contribution >= 4 is 46.4 Å². The molecule has 0 saturated carbocycles. The van der Waals surface area contributed by atoms with Gasteiger partial charge in [0, 0.05) is 21.3 Å². The second-order valence-electron chi connectivity index (χ2n) is 7.08. The lowest BCUT2D eigenvalue weighted by atomic mass is 10.1. The molecular weight excluding hydrogens is 400 g/mol. The minimum absolute atomic E-state index is 0.952. The third kappa shape index (κ3) is 4.89. The first-order valence-electron chi connectivity index (χ1n) is 9.97. The van der Waals surface area contributed by atoms with Crippen molar-refractivity contribution in [3.63, 3.8) is 0 Å². The number of fused-ring (bicyclic) bond motifs is 1. The normalized spacial score (nSPS) is 10.8. The zero-order valence-corrected chi connectivity index (χ0v) is 18.5. The van der Waals surface area contributed by atoms with E-state index in [1.807, 2.05) is 35.7 Å². The van der Waals surface area contributed by atoms with Gasteiger partial charge in [-0.3, -0.25) is 0 Å². The van der Waals surface area contributed by atoms with E-state index < -0.39 is 0 Å². The maximum Gasteiger partial charge on any atom is 0.0232 e.